The second kappa shape index (κ2) is 10.5. The summed E-state index contributed by atoms with van der Waals surface area (Å²) in [6, 6.07) is 23.8. The van der Waals surface area contributed by atoms with Gasteiger partial charge in [0.05, 0.1) is 16.8 Å². The number of nitrogens with zero attached hydrogens (tertiary/aromatic N) is 1. The van der Waals surface area contributed by atoms with Crippen LogP contribution in [-0.2, 0) is 4.79 Å². The number of esters is 1. The number of nitrogens with one attached hydrogen (secondary N) is 1. The molecule has 4 aromatic carbocycles. The van der Waals surface area contributed by atoms with E-state index in [2.05, 4.69) is 10.5 Å². The largest absolute Gasteiger partial charge is 0.422 e. The Morgan fingerprint density at radius 1 is 0.941 bits per heavy atom. The summed E-state index contributed by atoms with van der Waals surface area (Å²) in [5.41, 5.74) is 3.38. The van der Waals surface area contributed by atoms with Crippen molar-refractivity contribution in [1.29, 1.82) is 0 Å². The lowest BCUT2D eigenvalue weighted by Crippen LogP contribution is -2.25. The molecule has 6 nitrogen and oxygen atoms in total. The number of hydrogen-bond donors (Lipinski definition) is 2. The third-order valence-corrected chi connectivity index (χ3v) is 5.56. The summed E-state index contributed by atoms with van der Waals surface area (Å²) in [4.78, 5) is 25.1. The highest BCUT2D eigenvalue weighted by molar-refractivity contribution is 6.36. The number of carbonyl (C=O) groups excluding carboxylic acids is 2. The Labute approximate surface area is 205 Å². The van der Waals surface area contributed by atoms with E-state index >= 15 is 0 Å². The first-order valence-corrected chi connectivity index (χ1v) is 10.9. The SMILES string of the molecule is O=C(Oc1ccc2ccccc2c1/C=N/NC(=O)C(O)c1ccccc1)c1ccc(Cl)cc1Cl. The van der Waals surface area contributed by atoms with Crippen LogP contribution in [0.1, 0.15) is 27.6 Å². The predicted octanol–water partition coefficient (Wildman–Crippen LogP) is 5.55. The maximum Gasteiger partial charge on any atom is 0.345 e. The number of rotatable bonds is 6. The first kappa shape index (κ1) is 23.4. The Balaban J connectivity index is 1.61. The maximum absolute atomic E-state index is 12.8. The van der Waals surface area contributed by atoms with Crippen LogP contribution in [0.3, 0.4) is 0 Å². The summed E-state index contributed by atoms with van der Waals surface area (Å²) in [7, 11) is 0. The van der Waals surface area contributed by atoms with Gasteiger partial charge in [-0.15, -0.1) is 0 Å². The van der Waals surface area contributed by atoms with Crippen molar-refractivity contribution in [1.82, 2.24) is 5.43 Å². The smallest absolute Gasteiger partial charge is 0.345 e. The highest BCUT2D eigenvalue weighted by Crippen LogP contribution is 2.29. The third kappa shape index (κ3) is 5.26. The number of aliphatic hydroxyl groups excluding tert-OH is 1. The predicted molar refractivity (Wildman–Crippen MR) is 133 cm³/mol. The summed E-state index contributed by atoms with van der Waals surface area (Å²) in [6.07, 6.45) is -0.0143. The van der Waals surface area contributed by atoms with E-state index in [0.29, 0.717) is 16.1 Å². The second-order valence-electron chi connectivity index (χ2n) is 7.26. The van der Waals surface area contributed by atoms with Crippen LogP contribution < -0.4 is 10.2 Å². The van der Waals surface area contributed by atoms with E-state index in [9.17, 15) is 14.7 Å². The molecule has 0 heterocycles. The van der Waals surface area contributed by atoms with Crippen LogP contribution in [0.25, 0.3) is 10.8 Å². The highest BCUT2D eigenvalue weighted by atomic mass is 35.5. The molecule has 4 rings (SSSR count). The Hall–Kier alpha value is -3.71. The molecule has 0 saturated heterocycles. The molecule has 1 amide bonds. The third-order valence-electron chi connectivity index (χ3n) is 5.02. The van der Waals surface area contributed by atoms with Gasteiger partial charge < -0.3 is 9.84 Å². The average molecular weight is 493 g/mol. The summed E-state index contributed by atoms with van der Waals surface area (Å²) in [5, 5.41) is 16.4. The number of hydrazone groups is 1. The van der Waals surface area contributed by atoms with Crippen molar-refractivity contribution in [2.24, 2.45) is 5.10 Å². The minimum Gasteiger partial charge on any atom is -0.422 e. The van der Waals surface area contributed by atoms with Gasteiger partial charge in [0.2, 0.25) is 0 Å². The normalized spacial score (nSPS) is 12.0. The van der Waals surface area contributed by atoms with Crippen LogP contribution in [0.5, 0.6) is 5.75 Å². The minimum absolute atomic E-state index is 0.154. The number of halogens is 2. The number of hydrogen-bond acceptors (Lipinski definition) is 5. The Bertz CT molecular complexity index is 1390. The number of aliphatic hydroxyl groups is 1. The van der Waals surface area contributed by atoms with Crippen molar-refractivity contribution in [2.75, 3.05) is 0 Å². The van der Waals surface area contributed by atoms with Gasteiger partial charge in [-0.2, -0.15) is 5.10 Å². The Morgan fingerprint density at radius 2 is 1.68 bits per heavy atom. The molecule has 170 valence electrons. The summed E-state index contributed by atoms with van der Waals surface area (Å²) in [6.45, 7) is 0. The van der Waals surface area contributed by atoms with E-state index in [1.807, 2.05) is 24.3 Å². The zero-order valence-corrected chi connectivity index (χ0v) is 19.1. The Morgan fingerprint density at radius 3 is 2.44 bits per heavy atom. The number of fused-ring (bicyclic) bond motifs is 1. The molecule has 4 aromatic rings. The average Bonchev–Trinajstić information content (AvgIpc) is 2.85. The van der Waals surface area contributed by atoms with E-state index < -0.39 is 18.0 Å². The molecule has 1 atom stereocenters. The molecule has 0 fully saturated rings. The minimum atomic E-state index is -1.38. The van der Waals surface area contributed by atoms with Gasteiger partial charge in [-0.3, -0.25) is 4.79 Å². The fraction of sp³-hybridized carbons (Fsp3) is 0.0385. The molecule has 34 heavy (non-hydrogen) atoms. The van der Waals surface area contributed by atoms with E-state index in [4.69, 9.17) is 27.9 Å². The standard InChI is InChI=1S/C26H18Cl2N2O4/c27-18-11-12-20(22(28)14-18)26(33)34-23-13-10-16-6-4-5-9-19(16)21(23)15-29-30-25(32)24(31)17-7-2-1-3-8-17/h1-15,24,31H,(H,30,32)/b29-15+. The lowest BCUT2D eigenvalue weighted by Gasteiger charge is -2.12. The van der Waals surface area contributed by atoms with Gasteiger partial charge in [0, 0.05) is 10.6 Å². The molecule has 0 radical (unpaired) electrons. The Kier molecular flexibility index (Phi) is 7.23. The van der Waals surface area contributed by atoms with Crippen molar-refractivity contribution in [2.45, 2.75) is 6.10 Å². The first-order chi connectivity index (χ1) is 16.4. The van der Waals surface area contributed by atoms with E-state index in [-0.39, 0.29) is 16.3 Å². The molecule has 0 spiro atoms. The topological polar surface area (TPSA) is 88.0 Å². The molecule has 0 saturated carbocycles. The van der Waals surface area contributed by atoms with Crippen molar-refractivity contribution >= 4 is 52.1 Å². The van der Waals surface area contributed by atoms with E-state index in [1.54, 1.807) is 48.5 Å². The molecular weight excluding hydrogens is 475 g/mol. The van der Waals surface area contributed by atoms with Gasteiger partial charge >= 0.3 is 5.97 Å². The zero-order valence-electron chi connectivity index (χ0n) is 17.6. The highest BCUT2D eigenvalue weighted by Gasteiger charge is 2.18. The summed E-state index contributed by atoms with van der Waals surface area (Å²) >= 11 is 12.1. The van der Waals surface area contributed by atoms with Crippen LogP contribution in [0, 0.1) is 0 Å². The maximum atomic E-state index is 12.8. The van der Waals surface area contributed by atoms with Crippen molar-refractivity contribution in [3.63, 3.8) is 0 Å². The van der Waals surface area contributed by atoms with E-state index in [1.165, 1.54) is 18.3 Å². The van der Waals surface area contributed by atoms with Gasteiger partial charge in [0.1, 0.15) is 5.75 Å². The number of ether oxygens (including phenoxy) is 1. The first-order valence-electron chi connectivity index (χ1n) is 10.2. The monoisotopic (exact) mass is 492 g/mol. The lowest BCUT2D eigenvalue weighted by atomic mass is 10.0. The number of benzene rings is 4. The quantitative estimate of drug-likeness (QED) is 0.160. The molecule has 0 aliphatic carbocycles. The van der Waals surface area contributed by atoms with Crippen molar-refractivity contribution in [3.8, 4) is 5.75 Å². The molecular formula is C26H18Cl2N2O4. The molecule has 1 unspecified atom stereocenters. The van der Waals surface area contributed by atoms with Gasteiger partial charge in [-0.05, 0) is 40.6 Å². The molecule has 0 aromatic heterocycles. The molecule has 0 aliphatic heterocycles. The molecule has 0 aliphatic rings. The van der Waals surface area contributed by atoms with Gasteiger partial charge in [-0.25, -0.2) is 10.2 Å². The van der Waals surface area contributed by atoms with Gasteiger partial charge in [0.15, 0.2) is 6.10 Å². The number of carbonyl (C=O) groups is 2. The fourth-order valence-corrected chi connectivity index (χ4v) is 3.80. The van der Waals surface area contributed by atoms with E-state index in [0.717, 1.165) is 10.8 Å². The van der Waals surface area contributed by atoms with Gasteiger partial charge in [0.25, 0.3) is 5.91 Å². The van der Waals surface area contributed by atoms with Crippen LogP contribution in [-0.4, -0.2) is 23.2 Å². The van der Waals surface area contributed by atoms with Crippen molar-refractivity contribution in [3.05, 3.63) is 112 Å². The zero-order chi connectivity index (χ0) is 24.1. The lowest BCUT2D eigenvalue weighted by molar-refractivity contribution is -0.129. The van der Waals surface area contributed by atoms with Crippen LogP contribution in [0.2, 0.25) is 10.0 Å². The summed E-state index contributed by atoms with van der Waals surface area (Å²) in [5.74, 6) is -1.15. The fourth-order valence-electron chi connectivity index (χ4n) is 3.32. The summed E-state index contributed by atoms with van der Waals surface area (Å²) < 4.78 is 5.61. The second-order valence-corrected chi connectivity index (χ2v) is 8.10. The molecule has 2 N–H and O–H groups in total. The molecule has 8 heteroatoms. The molecule has 0 bridgehead atoms. The van der Waals surface area contributed by atoms with Crippen LogP contribution >= 0.6 is 23.2 Å². The van der Waals surface area contributed by atoms with Crippen molar-refractivity contribution < 1.29 is 19.4 Å². The van der Waals surface area contributed by atoms with Crippen LogP contribution in [0.4, 0.5) is 0 Å². The van der Waals surface area contributed by atoms with Gasteiger partial charge in [-0.1, -0.05) is 83.9 Å². The van der Waals surface area contributed by atoms with Crippen LogP contribution in [0.15, 0.2) is 90.0 Å². The number of amides is 1.